The van der Waals surface area contributed by atoms with Gasteiger partial charge in [-0.05, 0) is 36.2 Å². The maximum atomic E-state index is 11.8. The molecular weight excluding hydrogens is 240 g/mol. The molecule has 3 heteroatoms. The topological polar surface area (TPSA) is 39.4 Å². The number of carbonyl (C=O) groups excluding carboxylic acids is 1. The monoisotopic (exact) mass is 258 g/mol. The quantitative estimate of drug-likeness (QED) is 0.764. The third-order valence-corrected chi connectivity index (χ3v) is 3.08. The minimum atomic E-state index is 0.271. The fourth-order valence-corrected chi connectivity index (χ4v) is 1.92. The van der Waals surface area contributed by atoms with Crippen LogP contribution < -0.4 is 4.74 Å². The van der Waals surface area contributed by atoms with Crippen molar-refractivity contribution in [2.75, 3.05) is 7.11 Å². The van der Waals surface area contributed by atoms with Gasteiger partial charge in [-0.15, -0.1) is 0 Å². The highest BCUT2D eigenvalue weighted by atomic mass is 16.5. The highest BCUT2D eigenvalue weighted by Crippen LogP contribution is 2.13. The molecule has 0 aliphatic carbocycles. The molecule has 1 heterocycles. The van der Waals surface area contributed by atoms with Crippen LogP contribution in [0.15, 0.2) is 47.1 Å². The predicted octanol–water partition coefficient (Wildman–Crippen LogP) is 3.42. The summed E-state index contributed by atoms with van der Waals surface area (Å²) in [5.41, 5.74) is 1.16. The van der Waals surface area contributed by atoms with E-state index in [0.29, 0.717) is 19.3 Å². The molecule has 0 aliphatic heterocycles. The van der Waals surface area contributed by atoms with Crippen LogP contribution >= 0.6 is 0 Å². The average Bonchev–Trinajstić information content (AvgIpc) is 2.96. The fourth-order valence-electron chi connectivity index (χ4n) is 1.92. The molecule has 2 aromatic rings. The Morgan fingerprint density at radius 2 is 1.84 bits per heavy atom. The number of hydrogen-bond donors (Lipinski definition) is 0. The molecule has 0 bridgehead atoms. The minimum Gasteiger partial charge on any atom is -0.497 e. The largest absolute Gasteiger partial charge is 0.497 e. The summed E-state index contributed by atoms with van der Waals surface area (Å²) in [5, 5.41) is 0. The van der Waals surface area contributed by atoms with E-state index in [1.807, 2.05) is 36.4 Å². The molecular formula is C16H18O3. The first-order valence-electron chi connectivity index (χ1n) is 6.45. The van der Waals surface area contributed by atoms with Crippen molar-refractivity contribution in [1.29, 1.82) is 0 Å². The highest BCUT2D eigenvalue weighted by Gasteiger charge is 2.05. The summed E-state index contributed by atoms with van der Waals surface area (Å²) in [6.07, 6.45) is 4.23. The van der Waals surface area contributed by atoms with Gasteiger partial charge in [-0.3, -0.25) is 4.79 Å². The van der Waals surface area contributed by atoms with E-state index < -0.39 is 0 Å². The molecule has 0 N–H and O–H groups in total. The van der Waals surface area contributed by atoms with E-state index in [1.54, 1.807) is 13.4 Å². The Labute approximate surface area is 113 Å². The summed E-state index contributed by atoms with van der Waals surface area (Å²) in [4.78, 5) is 11.8. The maximum absolute atomic E-state index is 11.8. The number of Topliss-reactive ketones (excluding diaryl/α,β-unsaturated/α-hetero) is 1. The van der Waals surface area contributed by atoms with E-state index >= 15 is 0 Å². The zero-order valence-electron chi connectivity index (χ0n) is 11.1. The van der Waals surface area contributed by atoms with Gasteiger partial charge in [-0.2, -0.15) is 0 Å². The highest BCUT2D eigenvalue weighted by molar-refractivity contribution is 5.78. The van der Waals surface area contributed by atoms with Gasteiger partial charge >= 0.3 is 0 Å². The van der Waals surface area contributed by atoms with Crippen LogP contribution in [0, 0.1) is 0 Å². The van der Waals surface area contributed by atoms with E-state index in [2.05, 4.69) is 0 Å². The molecule has 100 valence electrons. The Balaban J connectivity index is 1.73. The zero-order chi connectivity index (χ0) is 13.5. The maximum Gasteiger partial charge on any atom is 0.133 e. The van der Waals surface area contributed by atoms with Crippen LogP contribution in [0.1, 0.15) is 24.2 Å². The minimum absolute atomic E-state index is 0.271. The van der Waals surface area contributed by atoms with Crippen molar-refractivity contribution in [2.24, 2.45) is 0 Å². The molecule has 3 nitrogen and oxygen atoms in total. The van der Waals surface area contributed by atoms with Crippen molar-refractivity contribution in [3.05, 3.63) is 54.0 Å². The molecule has 0 saturated heterocycles. The van der Waals surface area contributed by atoms with Gasteiger partial charge in [0.05, 0.1) is 13.4 Å². The number of rotatable bonds is 7. The summed E-state index contributed by atoms with van der Waals surface area (Å²) >= 11 is 0. The number of hydrogen-bond acceptors (Lipinski definition) is 3. The van der Waals surface area contributed by atoms with E-state index in [1.165, 1.54) is 0 Å². The second kappa shape index (κ2) is 6.78. The van der Waals surface area contributed by atoms with Crippen molar-refractivity contribution in [2.45, 2.75) is 25.7 Å². The molecule has 2 rings (SSSR count). The molecule has 0 unspecified atom stereocenters. The van der Waals surface area contributed by atoms with Gasteiger partial charge in [0.25, 0.3) is 0 Å². The lowest BCUT2D eigenvalue weighted by molar-refractivity contribution is -0.119. The Hall–Kier alpha value is -2.03. The zero-order valence-corrected chi connectivity index (χ0v) is 11.1. The Kier molecular flexibility index (Phi) is 4.78. The second-order valence-electron chi connectivity index (χ2n) is 4.47. The fraction of sp³-hybridized carbons (Fsp3) is 0.312. The Morgan fingerprint density at radius 1 is 1.11 bits per heavy atom. The lowest BCUT2D eigenvalue weighted by Crippen LogP contribution is -2.01. The molecule has 0 spiro atoms. The van der Waals surface area contributed by atoms with Crippen molar-refractivity contribution in [3.63, 3.8) is 0 Å². The molecule has 0 radical (unpaired) electrons. The van der Waals surface area contributed by atoms with Gasteiger partial charge in [-0.1, -0.05) is 12.1 Å². The van der Waals surface area contributed by atoms with E-state index in [-0.39, 0.29) is 5.78 Å². The van der Waals surface area contributed by atoms with Crippen LogP contribution in [0.3, 0.4) is 0 Å². The molecule has 0 atom stereocenters. The Bertz CT molecular complexity index is 497. The van der Waals surface area contributed by atoms with Gasteiger partial charge in [0.2, 0.25) is 0 Å². The Morgan fingerprint density at radius 3 is 2.47 bits per heavy atom. The first-order valence-corrected chi connectivity index (χ1v) is 6.45. The normalized spacial score (nSPS) is 10.4. The van der Waals surface area contributed by atoms with E-state index in [9.17, 15) is 4.79 Å². The summed E-state index contributed by atoms with van der Waals surface area (Å²) in [6, 6.07) is 11.6. The second-order valence-corrected chi connectivity index (χ2v) is 4.47. The SMILES string of the molecule is COc1ccc(CCC(=O)CCc2ccco2)cc1. The summed E-state index contributed by atoms with van der Waals surface area (Å²) < 4.78 is 10.3. The van der Waals surface area contributed by atoms with Crippen molar-refractivity contribution in [3.8, 4) is 5.75 Å². The number of ether oxygens (including phenoxy) is 1. The lowest BCUT2D eigenvalue weighted by Gasteiger charge is -2.03. The number of ketones is 1. The molecule has 19 heavy (non-hydrogen) atoms. The number of methoxy groups -OCH3 is 1. The van der Waals surface area contributed by atoms with Crippen molar-refractivity contribution >= 4 is 5.78 Å². The smallest absolute Gasteiger partial charge is 0.133 e. The van der Waals surface area contributed by atoms with Crippen LogP contribution in [0.5, 0.6) is 5.75 Å². The molecule has 0 fully saturated rings. The van der Waals surface area contributed by atoms with Crippen molar-refractivity contribution in [1.82, 2.24) is 0 Å². The summed E-state index contributed by atoms with van der Waals surface area (Å²) in [7, 11) is 1.65. The third kappa shape index (κ3) is 4.28. The van der Waals surface area contributed by atoms with Gasteiger partial charge in [0.15, 0.2) is 0 Å². The molecule has 0 aliphatic rings. The first kappa shape index (κ1) is 13.4. The average molecular weight is 258 g/mol. The molecule has 1 aromatic heterocycles. The molecule has 1 aromatic carbocycles. The van der Waals surface area contributed by atoms with Crippen LogP contribution in [0.4, 0.5) is 0 Å². The number of furan rings is 1. The van der Waals surface area contributed by atoms with Gasteiger partial charge in [0.1, 0.15) is 17.3 Å². The number of carbonyl (C=O) groups is 1. The predicted molar refractivity (Wildman–Crippen MR) is 73.4 cm³/mol. The van der Waals surface area contributed by atoms with E-state index in [0.717, 1.165) is 23.5 Å². The first-order chi connectivity index (χ1) is 9.28. The standard InChI is InChI=1S/C16H18O3/c1-18-15-9-5-13(6-10-15)4-7-14(17)8-11-16-3-2-12-19-16/h2-3,5-6,9-10,12H,4,7-8,11H2,1H3. The lowest BCUT2D eigenvalue weighted by atomic mass is 10.0. The summed E-state index contributed by atoms with van der Waals surface area (Å²) in [5.74, 6) is 1.98. The number of aryl methyl sites for hydroxylation is 2. The third-order valence-electron chi connectivity index (χ3n) is 3.08. The van der Waals surface area contributed by atoms with Crippen LogP contribution in [0.2, 0.25) is 0 Å². The number of benzene rings is 1. The van der Waals surface area contributed by atoms with Gasteiger partial charge in [0, 0.05) is 19.3 Å². The van der Waals surface area contributed by atoms with Gasteiger partial charge < -0.3 is 9.15 Å². The van der Waals surface area contributed by atoms with Crippen LogP contribution in [-0.4, -0.2) is 12.9 Å². The molecule has 0 amide bonds. The van der Waals surface area contributed by atoms with E-state index in [4.69, 9.17) is 9.15 Å². The molecule has 0 saturated carbocycles. The van der Waals surface area contributed by atoms with Crippen molar-refractivity contribution < 1.29 is 13.9 Å². The van der Waals surface area contributed by atoms with Crippen LogP contribution in [0.25, 0.3) is 0 Å². The van der Waals surface area contributed by atoms with Gasteiger partial charge in [-0.25, -0.2) is 0 Å². The summed E-state index contributed by atoms with van der Waals surface area (Å²) in [6.45, 7) is 0. The van der Waals surface area contributed by atoms with Crippen LogP contribution in [-0.2, 0) is 17.6 Å².